The number of hydrogen-bond acceptors (Lipinski definition) is 3. The Kier molecular flexibility index (Phi) is 3.75. The number of hydrogen-bond donors (Lipinski definition) is 1. The molecule has 2 rings (SSSR count). The van der Waals surface area contributed by atoms with Crippen LogP contribution in [0.25, 0.3) is 0 Å². The van der Waals surface area contributed by atoms with E-state index in [0.29, 0.717) is 6.04 Å². The predicted molar refractivity (Wildman–Crippen MR) is 58.5 cm³/mol. The molecule has 84 valence electrons. The zero-order valence-electron chi connectivity index (χ0n) is 9.28. The lowest BCUT2D eigenvalue weighted by Gasteiger charge is -2.14. The van der Waals surface area contributed by atoms with Crippen molar-refractivity contribution in [3.63, 3.8) is 0 Å². The second kappa shape index (κ2) is 5.28. The topological polar surface area (TPSA) is 39.1 Å². The minimum atomic E-state index is 0.604. The van der Waals surface area contributed by atoms with Gasteiger partial charge in [-0.05, 0) is 19.3 Å². The first-order valence-electron chi connectivity index (χ1n) is 5.63. The summed E-state index contributed by atoms with van der Waals surface area (Å²) in [7, 11) is 1.95. The van der Waals surface area contributed by atoms with Crippen molar-refractivity contribution in [3.05, 3.63) is 18.0 Å². The molecule has 0 radical (unpaired) electrons. The van der Waals surface area contributed by atoms with E-state index >= 15 is 0 Å². The SMILES string of the molecule is Cn1cc(CNC2CCCOCC2)cn1. The molecule has 0 aromatic carbocycles. The highest BCUT2D eigenvalue weighted by molar-refractivity contribution is 5.03. The molecule has 1 atom stereocenters. The van der Waals surface area contributed by atoms with Crippen LogP contribution in [-0.4, -0.2) is 29.0 Å². The molecule has 0 aliphatic carbocycles. The molecule has 0 saturated carbocycles. The Morgan fingerprint density at radius 2 is 2.47 bits per heavy atom. The molecule has 1 aliphatic rings. The van der Waals surface area contributed by atoms with Crippen molar-refractivity contribution in [1.82, 2.24) is 15.1 Å². The standard InChI is InChI=1S/C11H19N3O/c1-14-9-10(8-13-14)7-12-11-3-2-5-15-6-4-11/h8-9,11-12H,2-7H2,1H3. The zero-order valence-corrected chi connectivity index (χ0v) is 9.28. The molecule has 15 heavy (non-hydrogen) atoms. The van der Waals surface area contributed by atoms with Crippen molar-refractivity contribution in [1.29, 1.82) is 0 Å². The van der Waals surface area contributed by atoms with Crippen LogP contribution < -0.4 is 5.32 Å². The van der Waals surface area contributed by atoms with Crippen LogP contribution in [0.4, 0.5) is 0 Å². The van der Waals surface area contributed by atoms with Gasteiger partial charge < -0.3 is 10.1 Å². The zero-order chi connectivity index (χ0) is 10.5. The highest BCUT2D eigenvalue weighted by Crippen LogP contribution is 2.08. The maximum atomic E-state index is 5.42. The Morgan fingerprint density at radius 1 is 1.53 bits per heavy atom. The number of nitrogens with one attached hydrogen (secondary N) is 1. The van der Waals surface area contributed by atoms with Gasteiger partial charge in [0.2, 0.25) is 0 Å². The van der Waals surface area contributed by atoms with Gasteiger partial charge in [-0.15, -0.1) is 0 Å². The average Bonchev–Trinajstić information content (AvgIpc) is 2.52. The van der Waals surface area contributed by atoms with Crippen LogP contribution in [0.3, 0.4) is 0 Å². The fraction of sp³-hybridized carbons (Fsp3) is 0.727. The van der Waals surface area contributed by atoms with Crippen LogP contribution in [0.1, 0.15) is 24.8 Å². The first-order chi connectivity index (χ1) is 7.34. The quantitative estimate of drug-likeness (QED) is 0.809. The summed E-state index contributed by atoms with van der Waals surface area (Å²) in [6.45, 7) is 2.73. The van der Waals surface area contributed by atoms with E-state index in [0.717, 1.165) is 26.2 Å². The molecular formula is C11H19N3O. The van der Waals surface area contributed by atoms with Gasteiger partial charge in [0.1, 0.15) is 0 Å². The monoisotopic (exact) mass is 209 g/mol. The van der Waals surface area contributed by atoms with Gasteiger partial charge in [-0.3, -0.25) is 4.68 Å². The van der Waals surface area contributed by atoms with E-state index in [9.17, 15) is 0 Å². The first-order valence-corrected chi connectivity index (χ1v) is 5.63. The van der Waals surface area contributed by atoms with E-state index in [-0.39, 0.29) is 0 Å². The van der Waals surface area contributed by atoms with E-state index in [2.05, 4.69) is 16.6 Å². The summed E-state index contributed by atoms with van der Waals surface area (Å²) in [5.41, 5.74) is 1.25. The van der Waals surface area contributed by atoms with Crippen molar-refractivity contribution in [2.45, 2.75) is 31.8 Å². The van der Waals surface area contributed by atoms with Crippen molar-refractivity contribution in [2.75, 3.05) is 13.2 Å². The lowest BCUT2D eigenvalue weighted by Crippen LogP contribution is -2.28. The van der Waals surface area contributed by atoms with E-state index in [1.54, 1.807) is 0 Å². The Balaban J connectivity index is 1.76. The molecule has 1 aromatic heterocycles. The van der Waals surface area contributed by atoms with Gasteiger partial charge in [0.15, 0.2) is 0 Å². The second-order valence-corrected chi connectivity index (χ2v) is 4.14. The highest BCUT2D eigenvalue weighted by atomic mass is 16.5. The fourth-order valence-corrected chi connectivity index (χ4v) is 1.93. The summed E-state index contributed by atoms with van der Waals surface area (Å²) in [5.74, 6) is 0. The maximum absolute atomic E-state index is 5.42. The summed E-state index contributed by atoms with van der Waals surface area (Å²) >= 11 is 0. The Labute approximate surface area is 90.6 Å². The maximum Gasteiger partial charge on any atom is 0.0534 e. The van der Waals surface area contributed by atoms with Crippen molar-refractivity contribution >= 4 is 0 Å². The van der Waals surface area contributed by atoms with E-state index in [1.807, 2.05) is 17.9 Å². The third kappa shape index (κ3) is 3.32. The normalized spacial score (nSPS) is 22.6. The smallest absolute Gasteiger partial charge is 0.0534 e. The van der Waals surface area contributed by atoms with Gasteiger partial charge >= 0.3 is 0 Å². The highest BCUT2D eigenvalue weighted by Gasteiger charge is 2.11. The second-order valence-electron chi connectivity index (χ2n) is 4.14. The number of aryl methyl sites for hydroxylation is 1. The molecule has 1 fully saturated rings. The fourth-order valence-electron chi connectivity index (χ4n) is 1.93. The van der Waals surface area contributed by atoms with Gasteiger partial charge in [0.05, 0.1) is 6.20 Å². The van der Waals surface area contributed by atoms with Crippen LogP contribution in [0.2, 0.25) is 0 Å². The van der Waals surface area contributed by atoms with Gasteiger partial charge in [-0.1, -0.05) is 0 Å². The van der Waals surface area contributed by atoms with Gasteiger partial charge in [0.25, 0.3) is 0 Å². The van der Waals surface area contributed by atoms with Crippen LogP contribution in [0.15, 0.2) is 12.4 Å². The molecule has 1 unspecified atom stereocenters. The lowest BCUT2D eigenvalue weighted by atomic mass is 10.1. The van der Waals surface area contributed by atoms with Gasteiger partial charge in [-0.25, -0.2) is 0 Å². The van der Waals surface area contributed by atoms with Gasteiger partial charge in [-0.2, -0.15) is 5.10 Å². The molecule has 1 aliphatic heterocycles. The van der Waals surface area contributed by atoms with Gasteiger partial charge in [0, 0.05) is 44.6 Å². The number of aromatic nitrogens is 2. The Morgan fingerprint density at radius 3 is 3.27 bits per heavy atom. The van der Waals surface area contributed by atoms with Crippen LogP contribution in [0.5, 0.6) is 0 Å². The molecule has 4 nitrogen and oxygen atoms in total. The van der Waals surface area contributed by atoms with Crippen LogP contribution >= 0.6 is 0 Å². The number of ether oxygens (including phenoxy) is 1. The Bertz CT molecular complexity index is 290. The summed E-state index contributed by atoms with van der Waals surface area (Å²) in [6, 6.07) is 0.604. The number of nitrogens with zero attached hydrogens (tertiary/aromatic N) is 2. The molecule has 1 N–H and O–H groups in total. The molecule has 0 spiro atoms. The van der Waals surface area contributed by atoms with Crippen molar-refractivity contribution < 1.29 is 4.74 Å². The molecule has 1 aromatic rings. The summed E-state index contributed by atoms with van der Waals surface area (Å²) < 4.78 is 7.26. The molecular weight excluding hydrogens is 190 g/mol. The molecule has 0 amide bonds. The molecule has 4 heteroatoms. The first kappa shape index (κ1) is 10.6. The van der Waals surface area contributed by atoms with Crippen LogP contribution in [-0.2, 0) is 18.3 Å². The lowest BCUT2D eigenvalue weighted by molar-refractivity contribution is 0.142. The van der Waals surface area contributed by atoms with E-state index in [4.69, 9.17) is 4.74 Å². The van der Waals surface area contributed by atoms with E-state index < -0.39 is 0 Å². The minimum Gasteiger partial charge on any atom is -0.381 e. The van der Waals surface area contributed by atoms with Crippen molar-refractivity contribution in [3.8, 4) is 0 Å². The molecule has 0 bridgehead atoms. The summed E-state index contributed by atoms with van der Waals surface area (Å²) in [4.78, 5) is 0. The average molecular weight is 209 g/mol. The molecule has 2 heterocycles. The number of rotatable bonds is 3. The van der Waals surface area contributed by atoms with E-state index in [1.165, 1.54) is 18.4 Å². The third-order valence-corrected chi connectivity index (χ3v) is 2.81. The summed E-state index contributed by atoms with van der Waals surface area (Å²) in [6.07, 6.45) is 7.49. The third-order valence-electron chi connectivity index (χ3n) is 2.81. The predicted octanol–water partition coefficient (Wildman–Crippen LogP) is 1.08. The Hall–Kier alpha value is -0.870. The van der Waals surface area contributed by atoms with Crippen LogP contribution in [0, 0.1) is 0 Å². The summed E-state index contributed by atoms with van der Waals surface area (Å²) in [5, 5.41) is 7.71. The minimum absolute atomic E-state index is 0.604. The van der Waals surface area contributed by atoms with Crippen molar-refractivity contribution in [2.24, 2.45) is 7.05 Å². The largest absolute Gasteiger partial charge is 0.381 e. The molecule has 1 saturated heterocycles.